The lowest BCUT2D eigenvalue weighted by Gasteiger charge is -2.05. The summed E-state index contributed by atoms with van der Waals surface area (Å²) < 4.78 is 0. The highest BCUT2D eigenvalue weighted by Gasteiger charge is 1.99. The van der Waals surface area contributed by atoms with Crippen LogP contribution in [0.3, 0.4) is 0 Å². The first-order chi connectivity index (χ1) is 6.63. The summed E-state index contributed by atoms with van der Waals surface area (Å²) in [7, 11) is 0. The third-order valence-corrected chi connectivity index (χ3v) is 2.03. The van der Waals surface area contributed by atoms with Gasteiger partial charge in [0.1, 0.15) is 0 Å². The molecule has 0 amide bonds. The van der Waals surface area contributed by atoms with E-state index in [4.69, 9.17) is 10.2 Å². The molecule has 0 heterocycles. The van der Waals surface area contributed by atoms with Gasteiger partial charge in [-0.05, 0) is 12.8 Å². The van der Waals surface area contributed by atoms with Crippen LogP contribution in [0.5, 0.6) is 0 Å². The molecule has 0 saturated heterocycles. The van der Waals surface area contributed by atoms with E-state index in [1.54, 1.807) is 0 Å². The van der Waals surface area contributed by atoms with Crippen LogP contribution in [0.1, 0.15) is 51.4 Å². The van der Waals surface area contributed by atoms with Crippen LogP contribution in [-0.2, 0) is 9.59 Å². The van der Waals surface area contributed by atoms with Crippen LogP contribution < -0.4 is 0 Å². The Balaban J connectivity index is 0. The van der Waals surface area contributed by atoms with Crippen LogP contribution in [-0.4, -0.2) is 22.2 Å². The normalized spacial score (nSPS) is 12.5. The first kappa shape index (κ1) is 16.8. The molecule has 1 unspecified atom stereocenters. The van der Waals surface area contributed by atoms with Crippen molar-refractivity contribution in [2.24, 2.45) is 0 Å². The van der Waals surface area contributed by atoms with Crippen molar-refractivity contribution in [1.29, 1.82) is 0 Å². The number of rotatable bonds is 5. The van der Waals surface area contributed by atoms with E-state index in [9.17, 15) is 9.59 Å². The van der Waals surface area contributed by atoms with Crippen molar-refractivity contribution >= 4 is 21.8 Å². The summed E-state index contributed by atoms with van der Waals surface area (Å²) in [6.45, 7) is 0. The molecule has 1 aliphatic rings. The Bertz CT molecular complexity index is 158. The Kier molecular flexibility index (Phi) is 12.8. The van der Waals surface area contributed by atoms with Crippen LogP contribution in [0.15, 0.2) is 0 Å². The predicted molar refractivity (Wildman–Crippen MR) is 63.3 cm³/mol. The van der Waals surface area contributed by atoms with Gasteiger partial charge in [0.25, 0.3) is 0 Å². The molecule has 0 aromatic heterocycles. The zero-order valence-corrected chi connectivity index (χ0v) is 10.5. The number of aliphatic carboxylic acids is 2. The van der Waals surface area contributed by atoms with E-state index >= 15 is 0 Å². The second kappa shape index (κ2) is 11.4. The van der Waals surface area contributed by atoms with Gasteiger partial charge in [-0.1, -0.05) is 25.7 Å². The van der Waals surface area contributed by atoms with Gasteiger partial charge in [0, 0.05) is 12.8 Å². The number of hydrogen-bond donors (Lipinski definition) is 2. The zero-order valence-electron chi connectivity index (χ0n) is 9.07. The van der Waals surface area contributed by atoms with Gasteiger partial charge in [0.2, 0.25) is 0 Å². The molecule has 1 aliphatic carbocycles. The highest BCUT2D eigenvalue weighted by molar-refractivity contribution is 6.92. The van der Waals surface area contributed by atoms with Crippen molar-refractivity contribution in [2.75, 3.05) is 0 Å². The fourth-order valence-electron chi connectivity index (χ4n) is 0.802. The second-order valence-corrected chi connectivity index (χ2v) is 3.41. The fraction of sp³-hybridized carbons (Fsp3) is 0.800. The minimum absolute atomic E-state index is 0. The average molecular weight is 236 g/mol. The summed E-state index contributed by atoms with van der Waals surface area (Å²) in [5.41, 5.74) is 0. The van der Waals surface area contributed by atoms with Gasteiger partial charge in [-0.15, -0.1) is 0 Å². The molecule has 1 fully saturated rings. The zero-order chi connectivity index (χ0) is 10.8. The molecule has 0 spiro atoms. The minimum atomic E-state index is -0.870. The summed E-state index contributed by atoms with van der Waals surface area (Å²) in [4.78, 5) is 19.8. The SMILES string of the molecule is C1CCC1.O=C(O)CCCCC(=O)O.P. The quantitative estimate of drug-likeness (QED) is 0.567. The van der Waals surface area contributed by atoms with Crippen LogP contribution in [0, 0.1) is 0 Å². The van der Waals surface area contributed by atoms with E-state index in [0.29, 0.717) is 12.8 Å². The standard InChI is InChI=1S/C6H10O4.C4H8.H3P/c7-5(8)3-1-2-4-6(9)10;1-2-4-3-1;/h1-4H2,(H,7,8)(H,9,10);1-4H2;1H3. The molecule has 15 heavy (non-hydrogen) atoms. The molecule has 5 heteroatoms. The van der Waals surface area contributed by atoms with Crippen molar-refractivity contribution in [3.63, 3.8) is 0 Å². The Hall–Kier alpha value is -0.630. The molecule has 0 aliphatic heterocycles. The monoisotopic (exact) mass is 236 g/mol. The first-order valence-corrected chi connectivity index (χ1v) is 5.06. The van der Waals surface area contributed by atoms with Gasteiger partial charge >= 0.3 is 11.9 Å². The van der Waals surface area contributed by atoms with Crippen LogP contribution in [0.25, 0.3) is 0 Å². The number of carbonyl (C=O) groups is 2. The van der Waals surface area contributed by atoms with Gasteiger partial charge in [-0.2, -0.15) is 9.90 Å². The Labute approximate surface area is 93.7 Å². The van der Waals surface area contributed by atoms with Crippen molar-refractivity contribution in [3.8, 4) is 0 Å². The van der Waals surface area contributed by atoms with Gasteiger partial charge < -0.3 is 10.2 Å². The largest absolute Gasteiger partial charge is 0.481 e. The molecular weight excluding hydrogens is 215 g/mol. The summed E-state index contributed by atoms with van der Waals surface area (Å²) >= 11 is 0. The predicted octanol–water partition coefficient (Wildman–Crippen LogP) is 2.33. The molecule has 2 N–H and O–H groups in total. The maximum atomic E-state index is 9.90. The van der Waals surface area contributed by atoms with Crippen molar-refractivity contribution < 1.29 is 19.8 Å². The van der Waals surface area contributed by atoms with E-state index in [2.05, 4.69) is 0 Å². The molecule has 0 aromatic carbocycles. The number of carboxylic acid groups (broad SMARTS) is 2. The second-order valence-electron chi connectivity index (χ2n) is 3.41. The van der Waals surface area contributed by atoms with Gasteiger partial charge in [-0.3, -0.25) is 9.59 Å². The summed E-state index contributed by atoms with van der Waals surface area (Å²) in [5, 5.41) is 16.3. The fourth-order valence-corrected chi connectivity index (χ4v) is 0.802. The molecule has 1 rings (SSSR count). The highest BCUT2D eigenvalue weighted by atomic mass is 31.0. The Morgan fingerprint density at radius 1 is 0.800 bits per heavy atom. The number of unbranched alkanes of at least 4 members (excludes halogenated alkanes) is 1. The van der Waals surface area contributed by atoms with Crippen LogP contribution in [0.2, 0.25) is 0 Å². The molecule has 0 aromatic rings. The third-order valence-electron chi connectivity index (χ3n) is 2.03. The summed E-state index contributed by atoms with van der Waals surface area (Å²) in [5.74, 6) is -1.74. The van der Waals surface area contributed by atoms with E-state index in [1.807, 2.05) is 0 Å². The highest BCUT2D eigenvalue weighted by Crippen LogP contribution is 2.15. The van der Waals surface area contributed by atoms with Crippen molar-refractivity contribution in [2.45, 2.75) is 51.4 Å². The topological polar surface area (TPSA) is 74.6 Å². The maximum absolute atomic E-state index is 9.90. The van der Waals surface area contributed by atoms with Crippen LogP contribution >= 0.6 is 9.90 Å². The molecule has 4 nitrogen and oxygen atoms in total. The summed E-state index contributed by atoms with van der Waals surface area (Å²) in [6, 6.07) is 0. The van der Waals surface area contributed by atoms with E-state index < -0.39 is 11.9 Å². The van der Waals surface area contributed by atoms with Crippen molar-refractivity contribution in [1.82, 2.24) is 0 Å². The Morgan fingerprint density at radius 2 is 1.07 bits per heavy atom. The smallest absolute Gasteiger partial charge is 0.303 e. The summed E-state index contributed by atoms with van der Waals surface area (Å²) in [6.07, 6.45) is 7.02. The molecular formula is C10H21O4P. The molecule has 0 radical (unpaired) electrons. The molecule has 1 atom stereocenters. The number of carboxylic acids is 2. The third kappa shape index (κ3) is 16.1. The molecule has 1 saturated carbocycles. The number of hydrogen-bond acceptors (Lipinski definition) is 2. The van der Waals surface area contributed by atoms with Gasteiger partial charge in [0.15, 0.2) is 0 Å². The molecule has 0 bridgehead atoms. The van der Waals surface area contributed by atoms with E-state index in [-0.39, 0.29) is 22.7 Å². The lowest BCUT2D eigenvalue weighted by molar-refractivity contribution is -0.139. The lowest BCUT2D eigenvalue weighted by atomic mass is 10.0. The average Bonchev–Trinajstić information content (AvgIpc) is 1.94. The van der Waals surface area contributed by atoms with E-state index in [0.717, 1.165) is 0 Å². The lowest BCUT2D eigenvalue weighted by Crippen LogP contribution is -1.97. The van der Waals surface area contributed by atoms with Gasteiger partial charge in [0.05, 0.1) is 0 Å². The molecule has 90 valence electrons. The van der Waals surface area contributed by atoms with Crippen LogP contribution in [0.4, 0.5) is 0 Å². The first-order valence-electron chi connectivity index (χ1n) is 5.06. The maximum Gasteiger partial charge on any atom is 0.303 e. The Morgan fingerprint density at radius 3 is 1.20 bits per heavy atom. The van der Waals surface area contributed by atoms with Gasteiger partial charge in [-0.25, -0.2) is 0 Å². The minimum Gasteiger partial charge on any atom is -0.481 e. The van der Waals surface area contributed by atoms with Crippen molar-refractivity contribution in [3.05, 3.63) is 0 Å². The van der Waals surface area contributed by atoms with E-state index in [1.165, 1.54) is 25.7 Å².